The minimum absolute atomic E-state index is 0.00819. The molecule has 2 bridgehead atoms. The predicted octanol–water partition coefficient (Wildman–Crippen LogP) is 5.68. The van der Waals surface area contributed by atoms with E-state index >= 15 is 0 Å². The summed E-state index contributed by atoms with van der Waals surface area (Å²) in [6, 6.07) is 25.8. The fourth-order valence-corrected chi connectivity index (χ4v) is 8.60. The van der Waals surface area contributed by atoms with Gasteiger partial charge in [-0.25, -0.2) is 4.79 Å². The van der Waals surface area contributed by atoms with Crippen LogP contribution in [-0.2, 0) is 35.3 Å². The quantitative estimate of drug-likeness (QED) is 0.116. The Kier molecular flexibility index (Phi) is 6.38. The molecule has 0 saturated carbocycles. The van der Waals surface area contributed by atoms with E-state index in [0.717, 1.165) is 10.5 Å². The minimum atomic E-state index is -1.37. The molecule has 210 valence electrons. The number of carbonyl (C=O) groups is 4. The molecule has 1 aliphatic heterocycles. The molecule has 1 aromatic heterocycles. The monoisotopic (exact) mass is 615 g/mol. The second-order valence-electron chi connectivity index (χ2n) is 10.7. The lowest BCUT2D eigenvalue weighted by Crippen LogP contribution is -2.57. The van der Waals surface area contributed by atoms with E-state index in [1.54, 1.807) is 41.8 Å². The Morgan fingerprint density at radius 3 is 1.74 bits per heavy atom. The number of esters is 1. The number of carbonyl (C=O) groups excluding carboxylic acids is 4. The lowest BCUT2D eigenvalue weighted by Gasteiger charge is -2.54. The molecule has 9 heteroatoms. The molecular formula is C33H23Cl2NO5S. The van der Waals surface area contributed by atoms with Crippen molar-refractivity contribution < 1.29 is 23.9 Å². The molecule has 0 radical (unpaired) electrons. The van der Waals surface area contributed by atoms with Gasteiger partial charge in [-0.05, 0) is 39.3 Å². The van der Waals surface area contributed by atoms with Crippen LogP contribution in [0.15, 0.2) is 96.4 Å². The van der Waals surface area contributed by atoms with E-state index < -0.39 is 52.0 Å². The third-order valence-electron chi connectivity index (χ3n) is 8.62. The molecule has 4 aliphatic rings. The molecule has 4 aromatic rings. The summed E-state index contributed by atoms with van der Waals surface area (Å²) in [7, 11) is 0. The van der Waals surface area contributed by atoms with Crippen molar-refractivity contribution in [2.24, 2.45) is 11.8 Å². The van der Waals surface area contributed by atoms with E-state index in [1.807, 2.05) is 54.6 Å². The van der Waals surface area contributed by atoms with Crippen molar-refractivity contribution in [2.45, 2.75) is 22.2 Å². The van der Waals surface area contributed by atoms with E-state index in [0.29, 0.717) is 27.1 Å². The highest BCUT2D eigenvalue weighted by Crippen LogP contribution is 2.69. The van der Waals surface area contributed by atoms with Gasteiger partial charge in [-0.2, -0.15) is 0 Å². The molecule has 3 atom stereocenters. The first kappa shape index (κ1) is 27.1. The number of nitrogens with zero attached hydrogens (tertiary/aromatic N) is 1. The van der Waals surface area contributed by atoms with Crippen LogP contribution < -0.4 is 0 Å². The predicted molar refractivity (Wildman–Crippen MR) is 159 cm³/mol. The minimum Gasteiger partial charge on any atom is -0.456 e. The summed E-state index contributed by atoms with van der Waals surface area (Å²) >= 11 is 16.3. The number of ketones is 1. The standard InChI is InChI=1S/C33H23Cl2NO5S/c34-32-20-11-4-5-12-21(20)33(35,23-14-7-6-13-22(23)32)28-27(32)29(38)36(30(28)39)24(17-19-9-2-1-3-10-19)31(40)41-18-25(37)26-15-8-16-42-26/h1-16,24,27-28H,17-18H2/t24-,27-,28-,32?,33?/m0/s1. The number of alkyl halides is 2. The lowest BCUT2D eigenvalue weighted by molar-refractivity contribution is -0.158. The number of rotatable bonds is 7. The molecule has 3 aliphatic carbocycles. The van der Waals surface area contributed by atoms with Crippen molar-refractivity contribution in [2.75, 3.05) is 6.61 Å². The van der Waals surface area contributed by atoms with Crippen molar-refractivity contribution >= 4 is 58.1 Å². The Morgan fingerprint density at radius 1 is 0.762 bits per heavy atom. The van der Waals surface area contributed by atoms with E-state index in [-0.39, 0.29) is 12.2 Å². The smallest absolute Gasteiger partial charge is 0.330 e. The summed E-state index contributed by atoms with van der Waals surface area (Å²) in [5.41, 5.74) is 3.42. The lowest BCUT2D eigenvalue weighted by atomic mass is 9.54. The van der Waals surface area contributed by atoms with Crippen LogP contribution in [0.5, 0.6) is 0 Å². The van der Waals surface area contributed by atoms with Crippen LogP contribution in [0, 0.1) is 11.8 Å². The summed E-state index contributed by atoms with van der Waals surface area (Å²) in [4.78, 5) is 53.9. The van der Waals surface area contributed by atoms with E-state index in [9.17, 15) is 19.2 Å². The van der Waals surface area contributed by atoms with Gasteiger partial charge in [-0.3, -0.25) is 19.3 Å². The number of Topliss-reactive ketones (excluding diaryl/α,β-unsaturated/α-hetero) is 1. The first-order valence-electron chi connectivity index (χ1n) is 13.5. The summed E-state index contributed by atoms with van der Waals surface area (Å²) in [5.74, 6) is -4.49. The number of hydrogen-bond donors (Lipinski definition) is 0. The van der Waals surface area contributed by atoms with Crippen LogP contribution in [0.2, 0.25) is 0 Å². The number of hydrogen-bond acceptors (Lipinski definition) is 6. The SMILES string of the molecule is O=C(COC(=O)[C@H](Cc1ccccc1)N1C(=O)[C@@H]2[C@@H](C1=O)C1(Cl)c3ccccc3C2(Cl)c2ccccc21)c1cccs1. The van der Waals surface area contributed by atoms with Crippen LogP contribution in [0.4, 0.5) is 0 Å². The zero-order valence-corrected chi connectivity index (χ0v) is 24.4. The van der Waals surface area contributed by atoms with Crippen molar-refractivity contribution in [1.29, 1.82) is 0 Å². The molecule has 1 fully saturated rings. The average Bonchev–Trinajstić information content (AvgIpc) is 3.65. The number of thiophene rings is 1. The van der Waals surface area contributed by atoms with Crippen LogP contribution in [0.3, 0.4) is 0 Å². The third-order valence-corrected chi connectivity index (χ3v) is 10.8. The van der Waals surface area contributed by atoms with Crippen LogP contribution in [0.1, 0.15) is 37.5 Å². The van der Waals surface area contributed by atoms with Gasteiger partial charge in [0.25, 0.3) is 0 Å². The number of ether oxygens (including phenoxy) is 1. The Bertz CT molecular complexity index is 1630. The van der Waals surface area contributed by atoms with Crippen molar-refractivity contribution in [3.8, 4) is 0 Å². The summed E-state index contributed by atoms with van der Waals surface area (Å²) in [6.07, 6.45) is 0.00819. The van der Waals surface area contributed by atoms with Gasteiger partial charge in [0.2, 0.25) is 17.6 Å². The fourth-order valence-electron chi connectivity index (χ4n) is 6.85. The summed E-state index contributed by atoms with van der Waals surface area (Å²) in [6.45, 7) is -0.510. The maximum Gasteiger partial charge on any atom is 0.330 e. The van der Waals surface area contributed by atoms with Gasteiger partial charge in [-0.15, -0.1) is 34.5 Å². The molecule has 6 nitrogen and oxygen atoms in total. The number of imide groups is 1. The topological polar surface area (TPSA) is 80.8 Å². The fraction of sp³-hybridized carbons (Fsp3) is 0.212. The number of likely N-dealkylation sites (tertiary alicyclic amines) is 1. The van der Waals surface area contributed by atoms with Gasteiger partial charge in [0.1, 0.15) is 15.8 Å². The van der Waals surface area contributed by atoms with E-state index in [4.69, 9.17) is 27.9 Å². The highest BCUT2D eigenvalue weighted by Gasteiger charge is 2.73. The number of halogens is 2. The molecule has 0 spiro atoms. The van der Waals surface area contributed by atoms with Crippen LogP contribution >= 0.6 is 34.5 Å². The average molecular weight is 617 g/mol. The molecule has 8 rings (SSSR count). The number of benzene rings is 3. The molecule has 2 amide bonds. The van der Waals surface area contributed by atoms with E-state index in [2.05, 4.69) is 0 Å². The zero-order chi connectivity index (χ0) is 29.2. The maximum atomic E-state index is 14.5. The molecular weight excluding hydrogens is 593 g/mol. The highest BCUT2D eigenvalue weighted by molar-refractivity contribution is 7.12. The number of amides is 2. The molecule has 42 heavy (non-hydrogen) atoms. The van der Waals surface area contributed by atoms with Crippen molar-refractivity contribution in [3.63, 3.8) is 0 Å². The van der Waals surface area contributed by atoms with Crippen molar-refractivity contribution in [3.05, 3.63) is 129 Å². The second-order valence-corrected chi connectivity index (χ2v) is 12.9. The van der Waals surface area contributed by atoms with Gasteiger partial charge in [0.15, 0.2) is 6.61 Å². The van der Waals surface area contributed by atoms with Crippen LogP contribution in [0.25, 0.3) is 0 Å². The zero-order valence-electron chi connectivity index (χ0n) is 22.0. The van der Waals surface area contributed by atoms with Crippen molar-refractivity contribution in [1.82, 2.24) is 4.90 Å². The van der Waals surface area contributed by atoms with Gasteiger partial charge >= 0.3 is 5.97 Å². The highest BCUT2D eigenvalue weighted by atomic mass is 35.5. The molecule has 0 N–H and O–H groups in total. The van der Waals surface area contributed by atoms with Crippen LogP contribution in [-0.4, -0.2) is 41.1 Å². The Morgan fingerprint density at radius 2 is 1.26 bits per heavy atom. The molecule has 3 aromatic carbocycles. The molecule has 0 unspecified atom stereocenters. The van der Waals surface area contributed by atoms with E-state index in [1.165, 1.54) is 11.3 Å². The Hall–Kier alpha value is -3.78. The molecule has 1 saturated heterocycles. The largest absolute Gasteiger partial charge is 0.456 e. The first-order chi connectivity index (χ1) is 20.3. The maximum absolute atomic E-state index is 14.5. The second kappa shape index (κ2) is 9.90. The van der Waals surface area contributed by atoms with Gasteiger partial charge in [0, 0.05) is 6.42 Å². The van der Waals surface area contributed by atoms with Gasteiger partial charge in [0.05, 0.1) is 16.7 Å². The molecule has 2 heterocycles. The van der Waals surface area contributed by atoms with Gasteiger partial charge < -0.3 is 4.74 Å². The Labute approximate surface area is 255 Å². The summed E-state index contributed by atoms with van der Waals surface area (Å²) in [5, 5.41) is 1.75. The Balaban J connectivity index is 1.31. The first-order valence-corrected chi connectivity index (χ1v) is 15.1. The summed E-state index contributed by atoms with van der Waals surface area (Å²) < 4.78 is 5.47. The third kappa shape index (κ3) is 3.70. The van der Waals surface area contributed by atoms with Gasteiger partial charge in [-0.1, -0.05) is 84.9 Å². The normalized spacial score (nSPS) is 25.9.